The molecule has 86 heavy (non-hydrogen) atoms. The first-order chi connectivity index (χ1) is 36.1. The predicted molar refractivity (Wildman–Crippen MR) is 239 cm³/mol. The summed E-state index contributed by atoms with van der Waals surface area (Å²) in [6, 6.07) is 2.35. The number of phosphoric ester groups is 2. The Bertz CT molecular complexity index is 2750. The number of rotatable bonds is 30. The van der Waals surface area contributed by atoms with Gasteiger partial charge < -0.3 is 120 Å². The second-order valence-electron chi connectivity index (χ2n) is 15.8. The van der Waals surface area contributed by atoms with Crippen molar-refractivity contribution in [2.75, 3.05) is 50.9 Å². The number of hydrogen-bond donors (Lipinski definition) is 8. The van der Waals surface area contributed by atoms with E-state index in [1.165, 1.54) is 12.1 Å². The minimum atomic E-state index is -6.24. The maximum absolute atomic E-state index is 12.3. The minimum Gasteiger partial charge on any atom is -0.790 e. The average Bonchev–Trinajstić information content (AvgIpc) is 3.75. The molecule has 448 valence electrons. The molecule has 0 spiro atoms. The topological polar surface area (TPSA) is 652 Å². The van der Waals surface area contributed by atoms with Crippen LogP contribution in [0, 0.1) is 0 Å². The van der Waals surface area contributed by atoms with Gasteiger partial charge in [0, 0.05) is 25.5 Å². The van der Waals surface area contributed by atoms with E-state index in [0.717, 1.165) is 60.1 Å². The summed E-state index contributed by atoms with van der Waals surface area (Å²) < 4.78 is 112. The second kappa shape index (κ2) is 48.3. The van der Waals surface area contributed by atoms with E-state index in [4.69, 9.17) is 41.9 Å². The largest absolute Gasteiger partial charge is 1.00 e. The number of aliphatic hydroxyl groups excluding tert-OH is 2. The van der Waals surface area contributed by atoms with E-state index in [-0.39, 0.29) is 261 Å². The predicted octanol–water partition coefficient (Wildman–Crippen LogP) is -30.9. The Labute approximate surface area is 666 Å². The van der Waals surface area contributed by atoms with Gasteiger partial charge in [-0.25, -0.2) is 27.8 Å². The third-order valence-corrected chi connectivity index (χ3v) is 17.1. The Balaban J connectivity index is -0.000000340. The summed E-state index contributed by atoms with van der Waals surface area (Å²) in [4.78, 5) is 144. The van der Waals surface area contributed by atoms with Gasteiger partial charge in [0.05, 0.1) is 28.9 Å². The van der Waals surface area contributed by atoms with E-state index in [1.54, 1.807) is 0 Å². The molecule has 2 fully saturated rings. The molecule has 4 rings (SSSR count). The first-order valence-corrected chi connectivity index (χ1v) is 30.9. The number of aliphatic hydroxyl groups is 2. The number of ether oxygens (including phenoxy) is 4. The van der Waals surface area contributed by atoms with E-state index in [1.807, 2.05) is 0 Å². The van der Waals surface area contributed by atoms with Gasteiger partial charge in [0.25, 0.3) is 31.3 Å². The SMILES string of the molecule is NCCCCCCNC(=O)OC1C(COP(=O)([O-])OP(=O)([O-])OP(=O)([O-])[O-])OC(n2ccc(N)nc2=O)C1O.NCCCCCCNC(=O)OC1C(O)C(COP(=O)([O-])OP(=O)([O-])OP(=O)([O-])[O-])OC1n1ccc(N)nc1=O.[Na+].[Na+].[Na+].[Na+].[Na+].[Na+].[Na+].[Na+]. The van der Waals surface area contributed by atoms with Crippen LogP contribution in [0.15, 0.2) is 34.1 Å². The Hall–Kier alpha value is 4.48. The number of unbranched alkanes of at least 4 members (excludes halogenated alkanes) is 6. The maximum Gasteiger partial charge on any atom is 1.00 e. The summed E-state index contributed by atoms with van der Waals surface area (Å²) in [6.07, 6.45) is -7.57. The van der Waals surface area contributed by atoms with Crippen LogP contribution >= 0.6 is 46.9 Å². The minimum absolute atomic E-state index is 0. The molecule has 0 saturated carbocycles. The number of nitrogens with one attached hydrogen (secondary N) is 2. The molecule has 54 heteroatoms. The normalized spacial score (nSPS) is 22.3. The van der Waals surface area contributed by atoms with Gasteiger partial charge in [0.1, 0.15) is 36.1 Å². The van der Waals surface area contributed by atoms with E-state index in [0.29, 0.717) is 25.9 Å². The number of carbonyl (C=O) groups excluding carboxylic acids is 2. The van der Waals surface area contributed by atoms with Crippen LogP contribution < -0.4 is 321 Å². The van der Waals surface area contributed by atoms with Gasteiger partial charge in [0.15, 0.2) is 24.7 Å². The first-order valence-electron chi connectivity index (χ1n) is 22.2. The smallest absolute Gasteiger partial charge is 0.790 e. The number of aromatic nitrogens is 4. The quantitative estimate of drug-likeness (QED) is 0.0205. The van der Waals surface area contributed by atoms with E-state index < -0.39 is 133 Å². The fraction of sp³-hybridized carbons (Fsp3) is 0.688. The molecule has 0 aromatic carbocycles. The molecule has 4 heterocycles. The van der Waals surface area contributed by atoms with Gasteiger partial charge in [-0.3, -0.25) is 36.0 Å². The van der Waals surface area contributed by atoms with Crippen molar-refractivity contribution in [2.45, 2.75) is 100 Å². The van der Waals surface area contributed by atoms with E-state index >= 15 is 0 Å². The van der Waals surface area contributed by atoms with Crippen molar-refractivity contribution >= 4 is 70.8 Å². The summed E-state index contributed by atoms with van der Waals surface area (Å²) >= 11 is 0. The van der Waals surface area contributed by atoms with Gasteiger partial charge >= 0.3 is 260 Å². The van der Waals surface area contributed by atoms with Gasteiger partial charge in [-0.1, -0.05) is 25.7 Å². The maximum atomic E-state index is 12.3. The first kappa shape index (κ1) is 102. The Kier molecular flexibility index (Phi) is 57.0. The van der Waals surface area contributed by atoms with Crippen molar-refractivity contribution < 1.29 is 368 Å². The van der Waals surface area contributed by atoms with Crippen LogP contribution in [-0.2, 0) is 72.6 Å². The molecular weight excluding hydrogens is 1370 g/mol. The van der Waals surface area contributed by atoms with Crippen molar-refractivity contribution in [2.24, 2.45) is 11.5 Å². The monoisotopic (exact) mass is 1430 g/mol. The zero-order valence-corrected chi connectivity index (χ0v) is 69.3. The van der Waals surface area contributed by atoms with Crippen LogP contribution in [0.1, 0.15) is 63.8 Å². The summed E-state index contributed by atoms with van der Waals surface area (Å²) in [7, 11) is -36.7. The van der Waals surface area contributed by atoms with Crippen molar-refractivity contribution in [3.63, 3.8) is 0 Å². The molecule has 0 radical (unpaired) electrons. The molecule has 0 aliphatic carbocycles. The fourth-order valence-electron chi connectivity index (χ4n) is 6.53. The van der Waals surface area contributed by atoms with Gasteiger partial charge in [0.2, 0.25) is 0 Å². The zero-order valence-electron chi connectivity index (χ0n) is 47.9. The number of alkyl carbamates (subject to hydrolysis) is 2. The summed E-state index contributed by atoms with van der Waals surface area (Å²) in [6.45, 7) is -0.961. The molecule has 2 aliphatic rings. The molecule has 12 unspecified atom stereocenters. The molecule has 2 aliphatic heterocycles. The summed E-state index contributed by atoms with van der Waals surface area (Å²) in [5.74, 6) is -0.342. The van der Waals surface area contributed by atoms with Gasteiger partial charge in [-0.05, 0) is 50.9 Å². The number of phosphoric acid groups is 6. The van der Waals surface area contributed by atoms with Crippen LogP contribution in [0.4, 0.5) is 21.2 Å². The van der Waals surface area contributed by atoms with Crippen LogP contribution in [0.2, 0.25) is 0 Å². The standard InChI is InChI=1S/2C16H30N5O15P3.8Na/c17-6-3-1-2-4-7-19-16(24)34-13-10(9-32-38(28,29)36-39(30,31)35-37(25,26)27)33-14(12(13)22)21-8-5-11(18)20-15(21)23;17-6-3-1-2-4-7-19-16(24)34-13-12(22)10(33-14(13)21-8-5-11(18)20-15(21)23)9-32-38(28,29)36-39(30,31)35-37(25,26)27;;;;;;;;/h2*5,8,10,12-14,22H,1-4,6-7,9,17H2,(H,19,24)(H,28,29)(H,30,31)(H2,18,20,23)(H2,25,26,27);;;;;;;;/q;;8*+1/p-8. The van der Waals surface area contributed by atoms with Crippen molar-refractivity contribution in [1.29, 1.82) is 0 Å². The number of hydrogen-bond acceptors (Lipinski definition) is 36. The number of nitrogen functional groups attached to an aromatic ring is 2. The third kappa shape index (κ3) is 39.8. The summed E-state index contributed by atoms with van der Waals surface area (Å²) in [5.41, 5.74) is 19.7. The molecule has 2 aromatic heterocycles. The average molecular weight is 1430 g/mol. The van der Waals surface area contributed by atoms with Crippen molar-refractivity contribution in [3.05, 3.63) is 45.5 Å². The Morgan fingerprint density at radius 3 is 1.24 bits per heavy atom. The van der Waals surface area contributed by atoms with Gasteiger partial charge in [-0.2, -0.15) is 9.97 Å². The van der Waals surface area contributed by atoms with E-state index in [2.05, 4.69) is 46.9 Å². The number of nitrogens with zero attached hydrogens (tertiary/aromatic N) is 4. The number of anilines is 2. The number of nitrogens with two attached hydrogens (primary N) is 4. The molecule has 40 nitrogen and oxygen atoms in total. The molecule has 2 amide bonds. The molecular formula is C32H52N10Na8O30P6. The van der Waals surface area contributed by atoms with Crippen LogP contribution in [0.25, 0.3) is 0 Å². The third-order valence-electron chi connectivity index (χ3n) is 9.75. The fourth-order valence-corrected chi connectivity index (χ4v) is 12.3. The van der Waals surface area contributed by atoms with E-state index in [9.17, 15) is 95.9 Å². The van der Waals surface area contributed by atoms with Crippen LogP contribution in [0.3, 0.4) is 0 Å². The molecule has 12 atom stereocenters. The molecule has 0 bridgehead atoms. The molecule has 2 aromatic rings. The Morgan fingerprint density at radius 2 is 0.872 bits per heavy atom. The van der Waals surface area contributed by atoms with Crippen molar-refractivity contribution in [3.8, 4) is 0 Å². The Morgan fingerprint density at radius 1 is 0.523 bits per heavy atom. The number of amides is 2. The van der Waals surface area contributed by atoms with Gasteiger partial charge in [-0.15, -0.1) is 0 Å². The van der Waals surface area contributed by atoms with Crippen molar-refractivity contribution in [1.82, 2.24) is 29.7 Å². The molecule has 2 saturated heterocycles. The number of carbonyl (C=O) groups is 2. The van der Waals surface area contributed by atoms with Crippen LogP contribution in [0.5, 0.6) is 0 Å². The molecule has 12 N–H and O–H groups in total. The summed E-state index contributed by atoms with van der Waals surface area (Å²) in [5, 5.41) is 26.2. The van der Waals surface area contributed by atoms with Crippen LogP contribution in [-0.4, -0.2) is 118 Å². The second-order valence-corrected chi connectivity index (χ2v) is 24.3. The zero-order chi connectivity index (χ0) is 58.9.